The lowest BCUT2D eigenvalue weighted by molar-refractivity contribution is 0.0576. The van der Waals surface area contributed by atoms with E-state index in [0.29, 0.717) is 30.2 Å². The van der Waals surface area contributed by atoms with Gasteiger partial charge in [-0.2, -0.15) is 10.4 Å². The van der Waals surface area contributed by atoms with Crippen molar-refractivity contribution in [3.63, 3.8) is 0 Å². The van der Waals surface area contributed by atoms with Gasteiger partial charge in [-0.25, -0.2) is 4.52 Å². The van der Waals surface area contributed by atoms with Crippen LogP contribution in [0.25, 0.3) is 5.52 Å². The molecule has 1 aromatic carbocycles. The third-order valence-electron chi connectivity index (χ3n) is 6.14. The SMILES string of the molecule is Cc1c(C(=O)N2CC(C#N)C2)cn2nccc(OC3CCc4cc(O)ccc4C3)c12. The third-order valence-corrected chi connectivity index (χ3v) is 6.14. The van der Waals surface area contributed by atoms with Crippen LogP contribution in [0.2, 0.25) is 0 Å². The predicted molar refractivity (Wildman–Crippen MR) is 109 cm³/mol. The summed E-state index contributed by atoms with van der Waals surface area (Å²) in [7, 11) is 0. The van der Waals surface area contributed by atoms with E-state index < -0.39 is 0 Å². The summed E-state index contributed by atoms with van der Waals surface area (Å²) in [6.07, 6.45) is 5.94. The fourth-order valence-electron chi connectivity index (χ4n) is 4.42. The lowest BCUT2D eigenvalue weighted by Gasteiger charge is -2.35. The molecule has 3 aromatic rings. The van der Waals surface area contributed by atoms with Crippen LogP contribution in [-0.2, 0) is 12.8 Å². The molecule has 1 fully saturated rings. The Morgan fingerprint density at radius 1 is 1.30 bits per heavy atom. The van der Waals surface area contributed by atoms with Gasteiger partial charge in [0.1, 0.15) is 23.1 Å². The number of hydrogen-bond donors (Lipinski definition) is 1. The first-order chi connectivity index (χ1) is 14.5. The number of aromatic hydroxyl groups is 1. The zero-order valence-corrected chi connectivity index (χ0v) is 16.7. The molecule has 2 aromatic heterocycles. The Hall–Kier alpha value is -3.53. The molecule has 1 saturated heterocycles. The molecule has 0 bridgehead atoms. The first kappa shape index (κ1) is 18.5. The van der Waals surface area contributed by atoms with E-state index in [9.17, 15) is 9.90 Å². The number of fused-ring (bicyclic) bond motifs is 2. The highest BCUT2D eigenvalue weighted by atomic mass is 16.5. The number of carbonyl (C=O) groups is 1. The summed E-state index contributed by atoms with van der Waals surface area (Å²) in [6.45, 7) is 2.88. The fraction of sp³-hybridized carbons (Fsp3) is 0.348. The minimum atomic E-state index is -0.0700. The van der Waals surface area contributed by atoms with Gasteiger partial charge in [0, 0.05) is 31.8 Å². The highest BCUT2D eigenvalue weighted by molar-refractivity contribution is 5.98. The molecule has 0 spiro atoms. The molecule has 1 atom stereocenters. The van der Waals surface area contributed by atoms with Crippen molar-refractivity contribution in [1.82, 2.24) is 14.5 Å². The van der Waals surface area contributed by atoms with E-state index in [1.165, 1.54) is 11.1 Å². The summed E-state index contributed by atoms with van der Waals surface area (Å²) in [6, 6.07) is 9.55. The van der Waals surface area contributed by atoms with Crippen LogP contribution in [0.5, 0.6) is 11.5 Å². The fourth-order valence-corrected chi connectivity index (χ4v) is 4.42. The van der Waals surface area contributed by atoms with Crippen LogP contribution in [0.3, 0.4) is 0 Å². The molecule has 3 heterocycles. The van der Waals surface area contributed by atoms with E-state index in [2.05, 4.69) is 11.2 Å². The molecule has 5 rings (SSSR count). The van der Waals surface area contributed by atoms with Gasteiger partial charge in [0.05, 0.1) is 23.7 Å². The van der Waals surface area contributed by atoms with Crippen LogP contribution in [0, 0.1) is 24.2 Å². The number of ether oxygens (including phenoxy) is 1. The Kier molecular flexibility index (Phi) is 4.35. The largest absolute Gasteiger partial charge is 0.508 e. The summed E-state index contributed by atoms with van der Waals surface area (Å²) in [5.41, 5.74) is 4.60. The van der Waals surface area contributed by atoms with Gasteiger partial charge < -0.3 is 14.7 Å². The summed E-state index contributed by atoms with van der Waals surface area (Å²) in [4.78, 5) is 14.6. The van der Waals surface area contributed by atoms with E-state index in [4.69, 9.17) is 10.00 Å². The van der Waals surface area contributed by atoms with Crippen molar-refractivity contribution in [3.05, 3.63) is 58.9 Å². The van der Waals surface area contributed by atoms with E-state index in [-0.39, 0.29) is 17.9 Å². The third kappa shape index (κ3) is 3.05. The molecule has 152 valence electrons. The number of rotatable bonds is 3. The average Bonchev–Trinajstić information content (AvgIpc) is 3.05. The number of carbonyl (C=O) groups excluding carboxylic acids is 1. The molecule has 1 aliphatic carbocycles. The zero-order chi connectivity index (χ0) is 20.8. The molecule has 1 N–H and O–H groups in total. The molecule has 1 aliphatic heterocycles. The molecule has 7 nitrogen and oxygen atoms in total. The molecular weight excluding hydrogens is 380 g/mol. The van der Waals surface area contributed by atoms with Crippen molar-refractivity contribution in [2.24, 2.45) is 5.92 Å². The van der Waals surface area contributed by atoms with Gasteiger partial charge in [-0.3, -0.25) is 4.79 Å². The van der Waals surface area contributed by atoms with Crippen LogP contribution in [0.1, 0.15) is 33.5 Å². The summed E-state index contributed by atoms with van der Waals surface area (Å²) < 4.78 is 8.08. The van der Waals surface area contributed by atoms with Crippen molar-refractivity contribution in [3.8, 4) is 17.6 Å². The van der Waals surface area contributed by atoms with Crippen molar-refractivity contribution < 1.29 is 14.6 Å². The van der Waals surface area contributed by atoms with Crippen LogP contribution in [0.4, 0.5) is 0 Å². The van der Waals surface area contributed by atoms with Crippen LogP contribution in [-0.4, -0.2) is 44.7 Å². The van der Waals surface area contributed by atoms with Gasteiger partial charge in [0.2, 0.25) is 0 Å². The van der Waals surface area contributed by atoms with E-state index >= 15 is 0 Å². The van der Waals surface area contributed by atoms with Crippen molar-refractivity contribution in [2.45, 2.75) is 32.3 Å². The Labute approximate surface area is 174 Å². The molecule has 1 amide bonds. The van der Waals surface area contributed by atoms with E-state index in [1.54, 1.807) is 27.9 Å². The van der Waals surface area contributed by atoms with Gasteiger partial charge in [0.25, 0.3) is 5.91 Å². The number of aromatic nitrogens is 2. The van der Waals surface area contributed by atoms with Gasteiger partial charge in [-0.15, -0.1) is 0 Å². The first-order valence-electron chi connectivity index (χ1n) is 10.2. The lowest BCUT2D eigenvalue weighted by Crippen LogP contribution is -2.49. The minimum absolute atomic E-state index is 0.0217. The lowest BCUT2D eigenvalue weighted by atomic mass is 9.89. The zero-order valence-electron chi connectivity index (χ0n) is 16.7. The van der Waals surface area contributed by atoms with Crippen LogP contribution >= 0.6 is 0 Å². The number of amides is 1. The number of hydrogen-bond acceptors (Lipinski definition) is 5. The Morgan fingerprint density at radius 3 is 2.93 bits per heavy atom. The second-order valence-electron chi connectivity index (χ2n) is 8.13. The minimum Gasteiger partial charge on any atom is -0.508 e. The standard InChI is InChI=1S/C23H22N4O3/c1-14-20(23(29)26-11-15(10-24)12-26)13-27-22(14)21(6-7-25-27)30-19-5-3-16-8-18(28)4-2-17(16)9-19/h2,4,6-8,13,15,19,28H,3,5,9,11-12H2,1H3. The number of nitriles is 1. The molecule has 1 unspecified atom stereocenters. The number of phenols is 1. The molecule has 2 aliphatic rings. The second kappa shape index (κ2) is 7.06. The number of phenolic OH excluding ortho intramolecular Hbond substituents is 1. The van der Waals surface area contributed by atoms with Crippen molar-refractivity contribution in [2.75, 3.05) is 13.1 Å². The molecule has 7 heteroatoms. The topological polar surface area (TPSA) is 90.9 Å². The Balaban J connectivity index is 1.40. The molecule has 0 radical (unpaired) electrons. The molecular formula is C23H22N4O3. The Morgan fingerprint density at radius 2 is 2.13 bits per heavy atom. The average molecular weight is 402 g/mol. The second-order valence-corrected chi connectivity index (χ2v) is 8.13. The maximum absolute atomic E-state index is 12.9. The van der Waals surface area contributed by atoms with Crippen LogP contribution in [0.15, 0.2) is 36.7 Å². The number of benzene rings is 1. The summed E-state index contributed by atoms with van der Waals surface area (Å²) in [5.74, 6) is 0.877. The number of likely N-dealkylation sites (tertiary alicyclic amines) is 1. The summed E-state index contributed by atoms with van der Waals surface area (Å²) >= 11 is 0. The smallest absolute Gasteiger partial charge is 0.255 e. The van der Waals surface area contributed by atoms with Crippen molar-refractivity contribution in [1.29, 1.82) is 5.26 Å². The predicted octanol–water partition coefficient (Wildman–Crippen LogP) is 2.88. The number of nitrogens with zero attached hydrogens (tertiary/aromatic N) is 4. The first-order valence-corrected chi connectivity index (χ1v) is 10.2. The highest BCUT2D eigenvalue weighted by Crippen LogP contribution is 2.32. The Bertz CT molecular complexity index is 1190. The monoisotopic (exact) mass is 402 g/mol. The van der Waals surface area contributed by atoms with Gasteiger partial charge in [-0.1, -0.05) is 6.07 Å². The highest BCUT2D eigenvalue weighted by Gasteiger charge is 2.33. The maximum Gasteiger partial charge on any atom is 0.255 e. The quantitative estimate of drug-likeness (QED) is 0.727. The van der Waals surface area contributed by atoms with Crippen molar-refractivity contribution >= 4 is 11.4 Å². The summed E-state index contributed by atoms with van der Waals surface area (Å²) in [5, 5.41) is 23.0. The van der Waals surface area contributed by atoms with E-state index in [0.717, 1.165) is 30.3 Å². The normalized spacial score (nSPS) is 18.5. The molecule has 0 saturated carbocycles. The van der Waals surface area contributed by atoms with Gasteiger partial charge in [0.15, 0.2) is 0 Å². The molecule has 30 heavy (non-hydrogen) atoms. The maximum atomic E-state index is 12.9. The van der Waals surface area contributed by atoms with E-state index in [1.807, 2.05) is 25.1 Å². The number of aryl methyl sites for hydroxylation is 2. The van der Waals surface area contributed by atoms with Crippen LogP contribution < -0.4 is 4.74 Å². The van der Waals surface area contributed by atoms with Gasteiger partial charge in [-0.05, 0) is 48.6 Å². The van der Waals surface area contributed by atoms with Gasteiger partial charge >= 0.3 is 0 Å².